The fraction of sp³-hybridized carbons (Fsp3) is 0.722. The number of fused-ring (bicyclic) bond motifs is 1. The van der Waals surface area contributed by atoms with Crippen molar-refractivity contribution in [2.75, 3.05) is 36.1 Å². The van der Waals surface area contributed by atoms with Crippen LogP contribution in [0.25, 0.3) is 0 Å². The van der Waals surface area contributed by atoms with Crippen LogP contribution in [0.2, 0.25) is 0 Å². The first kappa shape index (κ1) is 19.2. The minimum Gasteiger partial charge on any atom is -0.377 e. The van der Waals surface area contributed by atoms with Gasteiger partial charge in [-0.1, -0.05) is 0 Å². The average Bonchev–Trinajstić information content (AvgIpc) is 3.42. The number of carbonyl (C=O) groups is 1. The Hall–Kier alpha value is -2.10. The van der Waals surface area contributed by atoms with Crippen LogP contribution < -0.4 is 15.4 Å². The fourth-order valence-corrected chi connectivity index (χ4v) is 3.84. The Bertz CT molecular complexity index is 851. The number of rotatable bonds is 4. The number of halogens is 3. The second-order valence-electron chi connectivity index (χ2n) is 8.05. The number of hydrogen-bond acceptors (Lipinski definition) is 6. The molecule has 3 heterocycles. The summed E-state index contributed by atoms with van der Waals surface area (Å²) in [6.45, 7) is 3.36. The van der Waals surface area contributed by atoms with E-state index in [9.17, 15) is 22.8 Å². The lowest BCUT2D eigenvalue weighted by Crippen LogP contribution is -2.57. The van der Waals surface area contributed by atoms with Crippen molar-refractivity contribution in [3.8, 4) is 0 Å². The van der Waals surface area contributed by atoms with Gasteiger partial charge in [-0.15, -0.1) is 0 Å². The largest absolute Gasteiger partial charge is 0.413 e. The minimum atomic E-state index is -4.62. The molecule has 2 fully saturated rings. The highest BCUT2D eigenvalue weighted by Gasteiger charge is 2.60. The smallest absolute Gasteiger partial charge is 0.377 e. The second-order valence-corrected chi connectivity index (χ2v) is 8.05. The molecule has 1 aromatic rings. The number of nitrogens with zero attached hydrogens (tertiary/aromatic N) is 4. The Morgan fingerprint density at radius 2 is 2.11 bits per heavy atom. The van der Waals surface area contributed by atoms with E-state index in [0.717, 1.165) is 16.4 Å². The van der Waals surface area contributed by atoms with Gasteiger partial charge in [-0.25, -0.2) is 0 Å². The average molecular weight is 400 g/mol. The number of ether oxygens (including phenoxy) is 1. The molecule has 154 valence electrons. The van der Waals surface area contributed by atoms with Crippen molar-refractivity contribution in [1.82, 2.24) is 9.55 Å². The highest BCUT2D eigenvalue weighted by Crippen LogP contribution is 2.44. The van der Waals surface area contributed by atoms with Gasteiger partial charge in [0.25, 0.3) is 5.56 Å². The zero-order valence-corrected chi connectivity index (χ0v) is 15.8. The van der Waals surface area contributed by atoms with Crippen LogP contribution in [0.1, 0.15) is 26.7 Å². The van der Waals surface area contributed by atoms with Crippen LogP contribution in [-0.2, 0) is 16.1 Å². The molecule has 28 heavy (non-hydrogen) atoms. The Morgan fingerprint density at radius 3 is 2.71 bits per heavy atom. The summed E-state index contributed by atoms with van der Waals surface area (Å²) in [5.41, 5.74) is -2.90. The summed E-state index contributed by atoms with van der Waals surface area (Å²) >= 11 is 0. The van der Waals surface area contributed by atoms with E-state index in [-0.39, 0.29) is 23.7 Å². The molecule has 0 spiro atoms. The van der Waals surface area contributed by atoms with Crippen molar-refractivity contribution in [3.05, 3.63) is 16.4 Å². The van der Waals surface area contributed by atoms with Gasteiger partial charge in [0.2, 0.25) is 5.95 Å². The predicted molar refractivity (Wildman–Crippen MR) is 95.7 cm³/mol. The molecule has 2 atom stereocenters. The van der Waals surface area contributed by atoms with Gasteiger partial charge < -0.3 is 14.5 Å². The highest BCUT2D eigenvalue weighted by molar-refractivity contribution is 5.87. The van der Waals surface area contributed by atoms with Crippen LogP contribution >= 0.6 is 0 Å². The lowest BCUT2D eigenvalue weighted by atomic mass is 10.00. The molecule has 10 heteroatoms. The SMILES string of the molecule is C[C@@H]1COCCN1c1cc(=O)n2c(n1)N(CC(=O)C1CC1)[C@](C)(C(F)(F)F)C2. The highest BCUT2D eigenvalue weighted by atomic mass is 19.4. The molecule has 2 aliphatic heterocycles. The summed E-state index contributed by atoms with van der Waals surface area (Å²) in [7, 11) is 0. The van der Waals surface area contributed by atoms with Crippen molar-refractivity contribution in [3.63, 3.8) is 0 Å². The standard InChI is InChI=1S/C18H23F3N4O3/c1-11-9-28-6-5-23(11)14-7-15(27)24-10-17(2,18(19,20)21)25(16(24)22-14)8-13(26)12-3-4-12/h7,11-12H,3-6,8-10H2,1-2H3/t11-,17+/m1/s1. The summed E-state index contributed by atoms with van der Waals surface area (Å²) in [6, 6.07) is 1.22. The van der Waals surface area contributed by atoms with Crippen molar-refractivity contribution >= 4 is 17.5 Å². The number of anilines is 2. The molecule has 0 amide bonds. The molecule has 1 aliphatic carbocycles. The first-order valence-electron chi connectivity index (χ1n) is 9.45. The Balaban J connectivity index is 1.77. The van der Waals surface area contributed by atoms with Gasteiger partial charge >= 0.3 is 6.18 Å². The molecular formula is C18H23F3N4O3. The van der Waals surface area contributed by atoms with Crippen LogP contribution in [0.3, 0.4) is 0 Å². The van der Waals surface area contributed by atoms with E-state index in [1.54, 1.807) is 0 Å². The molecule has 4 rings (SSSR count). The Morgan fingerprint density at radius 1 is 1.39 bits per heavy atom. The maximum atomic E-state index is 14.0. The zero-order valence-electron chi connectivity index (χ0n) is 15.8. The molecule has 1 aromatic heterocycles. The molecule has 0 aromatic carbocycles. The molecule has 7 nitrogen and oxygen atoms in total. The molecule has 1 saturated carbocycles. The molecule has 0 radical (unpaired) electrons. The Labute approximate surface area is 160 Å². The fourth-order valence-electron chi connectivity index (χ4n) is 3.84. The maximum absolute atomic E-state index is 14.0. The Kier molecular flexibility index (Phi) is 4.44. The van der Waals surface area contributed by atoms with Gasteiger partial charge in [0.1, 0.15) is 5.82 Å². The molecule has 0 N–H and O–H groups in total. The second kappa shape index (κ2) is 6.47. The summed E-state index contributed by atoms with van der Waals surface area (Å²) in [5, 5.41) is 0. The molecule has 3 aliphatic rings. The monoisotopic (exact) mass is 400 g/mol. The van der Waals surface area contributed by atoms with Gasteiger partial charge in [-0.05, 0) is 26.7 Å². The van der Waals surface area contributed by atoms with Gasteiger partial charge in [0, 0.05) is 18.5 Å². The summed E-state index contributed by atoms with van der Waals surface area (Å²) in [4.78, 5) is 32.3. The number of hydrogen-bond donors (Lipinski definition) is 0. The summed E-state index contributed by atoms with van der Waals surface area (Å²) < 4.78 is 48.3. The van der Waals surface area contributed by atoms with Crippen molar-refractivity contribution in [2.45, 2.75) is 51.0 Å². The quantitative estimate of drug-likeness (QED) is 0.765. The number of alkyl halides is 3. The van der Waals surface area contributed by atoms with Crippen molar-refractivity contribution in [2.24, 2.45) is 5.92 Å². The van der Waals surface area contributed by atoms with Crippen LogP contribution in [-0.4, -0.2) is 59.4 Å². The molecule has 1 saturated heterocycles. The normalized spacial score (nSPS) is 27.8. The number of ketones is 1. The van der Waals surface area contributed by atoms with E-state index in [4.69, 9.17) is 4.74 Å². The van der Waals surface area contributed by atoms with E-state index in [1.165, 1.54) is 6.07 Å². The third-order valence-corrected chi connectivity index (χ3v) is 5.90. The van der Waals surface area contributed by atoms with Gasteiger partial charge in [0.15, 0.2) is 11.3 Å². The zero-order chi connectivity index (χ0) is 20.3. The van der Waals surface area contributed by atoms with Crippen LogP contribution in [0.5, 0.6) is 0 Å². The topological polar surface area (TPSA) is 67.7 Å². The van der Waals surface area contributed by atoms with Gasteiger partial charge in [-0.2, -0.15) is 18.2 Å². The van der Waals surface area contributed by atoms with Crippen LogP contribution in [0.15, 0.2) is 10.9 Å². The van der Waals surface area contributed by atoms with Crippen LogP contribution in [0.4, 0.5) is 24.9 Å². The first-order valence-corrected chi connectivity index (χ1v) is 9.45. The number of morpholine rings is 1. The first-order chi connectivity index (χ1) is 13.1. The van der Waals surface area contributed by atoms with E-state index >= 15 is 0 Å². The van der Waals surface area contributed by atoms with E-state index in [0.29, 0.717) is 38.4 Å². The van der Waals surface area contributed by atoms with E-state index in [2.05, 4.69) is 4.98 Å². The molecular weight excluding hydrogens is 377 g/mol. The third-order valence-electron chi connectivity index (χ3n) is 5.90. The third kappa shape index (κ3) is 3.07. The lowest BCUT2D eigenvalue weighted by molar-refractivity contribution is -0.182. The van der Waals surface area contributed by atoms with Crippen LogP contribution in [0, 0.1) is 5.92 Å². The molecule has 0 unspecified atom stereocenters. The van der Waals surface area contributed by atoms with E-state index < -0.39 is 30.4 Å². The van der Waals surface area contributed by atoms with Crippen molar-refractivity contribution in [1.29, 1.82) is 0 Å². The summed E-state index contributed by atoms with van der Waals surface area (Å²) in [5.74, 6) is -0.179. The number of carbonyl (C=O) groups excluding carboxylic acids is 1. The number of Topliss-reactive ketones (excluding diaryl/α,β-unsaturated/α-hetero) is 1. The van der Waals surface area contributed by atoms with Gasteiger partial charge in [0.05, 0.1) is 32.3 Å². The molecule has 0 bridgehead atoms. The van der Waals surface area contributed by atoms with Crippen molar-refractivity contribution < 1.29 is 22.7 Å². The maximum Gasteiger partial charge on any atom is 0.413 e. The van der Waals surface area contributed by atoms with E-state index in [1.807, 2.05) is 11.8 Å². The summed E-state index contributed by atoms with van der Waals surface area (Å²) in [6.07, 6.45) is -3.20. The number of aromatic nitrogens is 2. The minimum absolute atomic E-state index is 0.0550. The lowest BCUT2D eigenvalue weighted by Gasteiger charge is -2.37. The van der Waals surface area contributed by atoms with Gasteiger partial charge in [-0.3, -0.25) is 14.2 Å². The predicted octanol–water partition coefficient (Wildman–Crippen LogP) is 1.59.